The van der Waals surface area contributed by atoms with E-state index in [4.69, 9.17) is 0 Å². The summed E-state index contributed by atoms with van der Waals surface area (Å²) in [6.45, 7) is 3.25. The number of carbonyl (C=O) groups excluding carboxylic acids is 1. The zero-order chi connectivity index (χ0) is 14.8. The Morgan fingerprint density at radius 2 is 2.24 bits per heavy atom. The predicted octanol–water partition coefficient (Wildman–Crippen LogP) is 3.49. The molecule has 1 fully saturated rings. The van der Waals surface area contributed by atoms with E-state index in [1.54, 1.807) is 0 Å². The van der Waals surface area contributed by atoms with Crippen LogP contribution in [-0.4, -0.2) is 30.4 Å². The molecule has 21 heavy (non-hydrogen) atoms. The topological polar surface area (TPSA) is 20.3 Å². The third kappa shape index (κ3) is 2.89. The van der Waals surface area contributed by atoms with Gasteiger partial charge in [0.05, 0.1) is 5.92 Å². The van der Waals surface area contributed by atoms with Crippen LogP contribution in [0.15, 0.2) is 18.2 Å². The first-order valence-corrected chi connectivity index (χ1v) is 8.17. The molecule has 0 spiro atoms. The lowest BCUT2D eigenvalue weighted by atomic mass is 9.82. The van der Waals surface area contributed by atoms with Gasteiger partial charge in [-0.1, -0.05) is 31.5 Å². The summed E-state index contributed by atoms with van der Waals surface area (Å²) in [7, 11) is 0. The van der Waals surface area contributed by atoms with E-state index in [0.29, 0.717) is 13.0 Å². The molecule has 0 aromatic heterocycles. The molecule has 3 heteroatoms. The van der Waals surface area contributed by atoms with Gasteiger partial charge in [0.25, 0.3) is 0 Å². The molecule has 2 aliphatic rings. The molecule has 0 amide bonds. The van der Waals surface area contributed by atoms with E-state index in [0.717, 1.165) is 19.4 Å². The number of hydrogen-bond acceptors (Lipinski definition) is 2. The number of alkyl halides is 1. The standard InChI is InChI=1S/C18H24FNO/c1-2-3-4-13-5-6-14-7-8-20-12-15(11-19)18(21)10-17(20)16(14)9-13/h5-6,9,15,17H,2-4,7-8,10-12H2,1H3/t15-,17-/m0/s1/i19-1. The Kier molecular flexibility index (Phi) is 4.39. The number of benzene rings is 1. The fraction of sp³-hybridized carbons (Fsp3) is 0.611. The minimum Gasteiger partial charge on any atom is -0.299 e. The van der Waals surface area contributed by atoms with Gasteiger partial charge < -0.3 is 0 Å². The van der Waals surface area contributed by atoms with Gasteiger partial charge in [-0.05, 0) is 36.0 Å². The van der Waals surface area contributed by atoms with E-state index < -0.39 is 12.6 Å². The smallest absolute Gasteiger partial charge is 0.141 e. The van der Waals surface area contributed by atoms with Crippen LogP contribution in [-0.2, 0) is 17.6 Å². The summed E-state index contributed by atoms with van der Waals surface area (Å²) in [5, 5.41) is 0. The quantitative estimate of drug-likeness (QED) is 0.845. The SMILES string of the molecule is CCCCc1ccc2c(c1)[C@@H]1CC(=O)[C@@H](C[18F])CN1CC2. The van der Waals surface area contributed by atoms with Crippen molar-refractivity contribution in [1.29, 1.82) is 0 Å². The van der Waals surface area contributed by atoms with Crippen molar-refractivity contribution < 1.29 is 9.18 Å². The van der Waals surface area contributed by atoms with Crippen LogP contribution >= 0.6 is 0 Å². The summed E-state index contributed by atoms with van der Waals surface area (Å²) in [6.07, 6.45) is 5.02. The lowest BCUT2D eigenvalue weighted by molar-refractivity contribution is -0.129. The molecular weight excluding hydrogens is 264 g/mol. The first-order chi connectivity index (χ1) is 10.2. The third-order valence-electron chi connectivity index (χ3n) is 4.99. The molecule has 0 saturated carbocycles. The molecule has 1 aromatic rings. The maximum atomic E-state index is 12.9. The molecule has 114 valence electrons. The predicted molar refractivity (Wildman–Crippen MR) is 82.2 cm³/mol. The average Bonchev–Trinajstić information content (AvgIpc) is 2.52. The van der Waals surface area contributed by atoms with E-state index in [2.05, 4.69) is 30.0 Å². The fourth-order valence-electron chi connectivity index (χ4n) is 3.67. The highest BCUT2D eigenvalue weighted by molar-refractivity contribution is 5.83. The van der Waals surface area contributed by atoms with Gasteiger partial charge in [0.15, 0.2) is 0 Å². The molecule has 0 bridgehead atoms. The van der Waals surface area contributed by atoms with E-state index in [9.17, 15) is 9.18 Å². The summed E-state index contributed by atoms with van der Waals surface area (Å²) in [6, 6.07) is 6.96. The minimum absolute atomic E-state index is 0.102. The van der Waals surface area contributed by atoms with Gasteiger partial charge in [0, 0.05) is 25.6 Å². The Balaban J connectivity index is 1.85. The molecule has 1 aromatic carbocycles. The maximum Gasteiger partial charge on any atom is 0.141 e. The number of unbranched alkanes of at least 4 members (excludes halogenated alkanes) is 1. The van der Waals surface area contributed by atoms with Crippen LogP contribution < -0.4 is 0 Å². The van der Waals surface area contributed by atoms with E-state index in [1.807, 2.05) is 0 Å². The normalized spacial score (nSPS) is 25.5. The van der Waals surface area contributed by atoms with E-state index >= 15 is 0 Å². The number of Topliss-reactive ketones (excluding diaryl/α,β-unsaturated/α-hetero) is 1. The molecule has 1 saturated heterocycles. The second-order valence-electron chi connectivity index (χ2n) is 6.42. The lowest BCUT2D eigenvalue weighted by Gasteiger charge is -2.42. The van der Waals surface area contributed by atoms with Gasteiger partial charge in [-0.15, -0.1) is 0 Å². The molecule has 0 N–H and O–H groups in total. The number of ketones is 1. The van der Waals surface area contributed by atoms with Crippen molar-refractivity contribution in [3.8, 4) is 0 Å². The van der Waals surface area contributed by atoms with Gasteiger partial charge in [-0.3, -0.25) is 14.1 Å². The van der Waals surface area contributed by atoms with Crippen molar-refractivity contribution in [1.82, 2.24) is 4.90 Å². The van der Waals surface area contributed by atoms with Crippen molar-refractivity contribution >= 4 is 5.78 Å². The van der Waals surface area contributed by atoms with Crippen LogP contribution in [0, 0.1) is 5.92 Å². The maximum absolute atomic E-state index is 12.9. The van der Waals surface area contributed by atoms with Crippen LogP contribution in [0.5, 0.6) is 0 Å². The molecule has 3 rings (SSSR count). The van der Waals surface area contributed by atoms with E-state index in [1.165, 1.54) is 29.5 Å². The van der Waals surface area contributed by atoms with Crippen molar-refractivity contribution in [2.75, 3.05) is 19.8 Å². The number of fused-ring (bicyclic) bond motifs is 3. The first kappa shape index (κ1) is 14.7. The highest BCUT2D eigenvalue weighted by Gasteiger charge is 2.37. The number of nitrogens with zero attached hydrogens (tertiary/aromatic N) is 1. The first-order valence-electron chi connectivity index (χ1n) is 8.17. The van der Waals surface area contributed by atoms with Crippen LogP contribution in [0.25, 0.3) is 0 Å². The monoisotopic (exact) mass is 288 g/mol. The number of aryl methyl sites for hydroxylation is 1. The zero-order valence-corrected chi connectivity index (χ0v) is 12.8. The van der Waals surface area contributed by atoms with Crippen molar-refractivity contribution in [3.05, 3.63) is 34.9 Å². The van der Waals surface area contributed by atoms with Gasteiger partial charge in [0.2, 0.25) is 0 Å². The summed E-state index contributed by atoms with van der Waals surface area (Å²) < 4.78 is 12.9. The number of halogens is 1. The molecule has 0 aliphatic carbocycles. The molecular formula is C18H24FNO. The second kappa shape index (κ2) is 6.27. The van der Waals surface area contributed by atoms with Crippen molar-refractivity contribution in [2.45, 2.75) is 45.1 Å². The van der Waals surface area contributed by atoms with Gasteiger partial charge in [-0.2, -0.15) is 0 Å². The largest absolute Gasteiger partial charge is 0.299 e. The number of carbonyl (C=O) groups is 1. The Hall–Kier alpha value is -1.22. The zero-order valence-electron chi connectivity index (χ0n) is 12.8. The minimum atomic E-state index is -0.508. The van der Waals surface area contributed by atoms with Crippen LogP contribution in [0.1, 0.15) is 48.9 Å². The fourth-order valence-corrected chi connectivity index (χ4v) is 3.67. The molecule has 0 unspecified atom stereocenters. The molecule has 2 nitrogen and oxygen atoms in total. The number of hydrogen-bond donors (Lipinski definition) is 0. The molecule has 0 radical (unpaired) electrons. The number of rotatable bonds is 4. The lowest BCUT2D eigenvalue weighted by Crippen LogP contribution is -2.46. The summed E-state index contributed by atoms with van der Waals surface area (Å²) in [5.74, 6) is -0.295. The van der Waals surface area contributed by atoms with E-state index in [-0.39, 0.29) is 11.8 Å². The summed E-state index contributed by atoms with van der Waals surface area (Å²) in [4.78, 5) is 14.4. The highest BCUT2D eigenvalue weighted by atomic mass is 18.2. The summed E-state index contributed by atoms with van der Waals surface area (Å²) in [5.41, 5.74) is 4.07. The van der Waals surface area contributed by atoms with Gasteiger partial charge in [-0.25, -0.2) is 0 Å². The van der Waals surface area contributed by atoms with Crippen molar-refractivity contribution in [3.63, 3.8) is 0 Å². The van der Waals surface area contributed by atoms with Crippen LogP contribution in [0.4, 0.5) is 4.39 Å². The Morgan fingerprint density at radius 3 is 3.00 bits per heavy atom. The Morgan fingerprint density at radius 1 is 1.38 bits per heavy atom. The van der Waals surface area contributed by atoms with Crippen LogP contribution in [0.3, 0.4) is 0 Å². The Labute approximate surface area is 126 Å². The Bertz CT molecular complexity index is 528. The summed E-state index contributed by atoms with van der Waals surface area (Å²) >= 11 is 0. The van der Waals surface area contributed by atoms with Crippen molar-refractivity contribution in [2.24, 2.45) is 5.92 Å². The average molecular weight is 288 g/mol. The molecule has 2 aliphatic heterocycles. The molecule has 2 atom stereocenters. The second-order valence-corrected chi connectivity index (χ2v) is 6.42. The highest BCUT2D eigenvalue weighted by Crippen LogP contribution is 2.37. The third-order valence-corrected chi connectivity index (χ3v) is 4.99. The van der Waals surface area contributed by atoms with Crippen LogP contribution in [0.2, 0.25) is 0 Å². The molecule has 2 heterocycles. The van der Waals surface area contributed by atoms with Gasteiger partial charge in [0.1, 0.15) is 12.5 Å². The van der Waals surface area contributed by atoms with Gasteiger partial charge >= 0.3 is 0 Å². The number of piperidine rings is 1.